The molecular formula is C15H18Cl2N2S. The van der Waals surface area contributed by atoms with Crippen molar-refractivity contribution < 1.29 is 0 Å². The number of amidine groups is 1. The molecule has 0 amide bonds. The van der Waals surface area contributed by atoms with Crippen molar-refractivity contribution in [2.24, 2.45) is 10.9 Å². The maximum Gasteiger partial charge on any atom is 0.161 e. The Morgan fingerprint density at radius 3 is 2.80 bits per heavy atom. The molecule has 0 bridgehead atoms. The second-order valence-corrected chi connectivity index (χ2v) is 7.63. The smallest absolute Gasteiger partial charge is 0.161 e. The highest BCUT2D eigenvalue weighted by Gasteiger charge is 2.39. The van der Waals surface area contributed by atoms with E-state index in [-0.39, 0.29) is 5.54 Å². The molecule has 0 radical (unpaired) electrons. The minimum absolute atomic E-state index is 0.137. The SMILES string of the molecule is CC1CCCC2(CSC(Nc3c(Cl)cccc3Cl)=N2)C1. The summed E-state index contributed by atoms with van der Waals surface area (Å²) in [5, 5.41) is 5.54. The third-order valence-corrected chi connectivity index (χ3v) is 5.86. The monoisotopic (exact) mass is 328 g/mol. The van der Waals surface area contributed by atoms with Crippen LogP contribution in [0.4, 0.5) is 5.69 Å². The summed E-state index contributed by atoms with van der Waals surface area (Å²) in [5.41, 5.74) is 0.904. The average Bonchev–Trinajstić information content (AvgIpc) is 2.76. The molecule has 1 aliphatic heterocycles. The fourth-order valence-electron chi connectivity index (χ4n) is 3.14. The molecule has 1 spiro atoms. The topological polar surface area (TPSA) is 24.4 Å². The lowest BCUT2D eigenvalue weighted by Crippen LogP contribution is -2.33. The summed E-state index contributed by atoms with van der Waals surface area (Å²) in [7, 11) is 0. The molecule has 1 N–H and O–H groups in total. The molecule has 1 saturated carbocycles. The van der Waals surface area contributed by atoms with Gasteiger partial charge in [-0.05, 0) is 30.9 Å². The van der Waals surface area contributed by atoms with E-state index in [0.29, 0.717) is 10.0 Å². The molecule has 5 heteroatoms. The van der Waals surface area contributed by atoms with Crippen LogP contribution in [0.3, 0.4) is 0 Å². The Bertz CT molecular complexity index is 526. The van der Waals surface area contributed by atoms with E-state index in [9.17, 15) is 0 Å². The van der Waals surface area contributed by atoms with Crippen LogP contribution in [0, 0.1) is 5.92 Å². The first-order chi connectivity index (χ1) is 9.58. The Balaban J connectivity index is 1.79. The molecule has 2 aliphatic rings. The van der Waals surface area contributed by atoms with Crippen LogP contribution in [-0.4, -0.2) is 16.5 Å². The van der Waals surface area contributed by atoms with E-state index >= 15 is 0 Å². The Morgan fingerprint density at radius 2 is 2.10 bits per heavy atom. The second-order valence-electron chi connectivity index (χ2n) is 5.85. The Morgan fingerprint density at radius 1 is 1.35 bits per heavy atom. The van der Waals surface area contributed by atoms with Crippen LogP contribution in [-0.2, 0) is 0 Å². The van der Waals surface area contributed by atoms with E-state index in [0.717, 1.165) is 22.5 Å². The molecule has 2 unspecified atom stereocenters. The van der Waals surface area contributed by atoms with Gasteiger partial charge in [0.1, 0.15) is 0 Å². The molecule has 0 saturated heterocycles. The largest absolute Gasteiger partial charge is 0.333 e. The highest BCUT2D eigenvalue weighted by atomic mass is 35.5. The molecule has 3 rings (SSSR count). The fourth-order valence-corrected chi connectivity index (χ4v) is 4.79. The van der Waals surface area contributed by atoms with Crippen molar-refractivity contribution in [3.05, 3.63) is 28.2 Å². The normalized spacial score (nSPS) is 29.6. The van der Waals surface area contributed by atoms with E-state index < -0.39 is 0 Å². The standard InChI is InChI=1S/C15H18Cl2N2S/c1-10-4-3-7-15(8-10)9-20-14(19-15)18-13-11(16)5-2-6-12(13)17/h2,5-6,10H,3-4,7-9H2,1H3,(H,18,19). The maximum absolute atomic E-state index is 6.20. The minimum Gasteiger partial charge on any atom is -0.333 e. The third kappa shape index (κ3) is 2.95. The lowest BCUT2D eigenvalue weighted by atomic mass is 9.78. The molecule has 1 aromatic rings. The summed E-state index contributed by atoms with van der Waals surface area (Å²) in [6.07, 6.45) is 5.01. The van der Waals surface area contributed by atoms with Gasteiger partial charge in [-0.1, -0.05) is 60.8 Å². The molecule has 20 heavy (non-hydrogen) atoms. The zero-order valence-corrected chi connectivity index (χ0v) is 13.8. The minimum atomic E-state index is 0.137. The van der Waals surface area contributed by atoms with Crippen LogP contribution in [0.15, 0.2) is 23.2 Å². The van der Waals surface area contributed by atoms with Crippen LogP contribution in [0.5, 0.6) is 0 Å². The molecule has 0 aromatic heterocycles. The molecule has 1 heterocycles. The molecule has 1 aliphatic carbocycles. The van der Waals surface area contributed by atoms with Gasteiger partial charge in [-0.25, -0.2) is 0 Å². The number of hydrogen-bond acceptors (Lipinski definition) is 3. The van der Waals surface area contributed by atoms with Crippen molar-refractivity contribution in [1.29, 1.82) is 0 Å². The van der Waals surface area contributed by atoms with E-state index in [1.54, 1.807) is 11.8 Å². The van der Waals surface area contributed by atoms with Crippen LogP contribution in [0.1, 0.15) is 32.6 Å². The first kappa shape index (κ1) is 14.6. The van der Waals surface area contributed by atoms with Crippen molar-refractivity contribution in [3.8, 4) is 0 Å². The van der Waals surface area contributed by atoms with Gasteiger partial charge in [0.25, 0.3) is 0 Å². The predicted octanol–water partition coefficient (Wildman–Crippen LogP) is 5.46. The highest BCUT2D eigenvalue weighted by Crippen LogP contribution is 2.42. The van der Waals surface area contributed by atoms with E-state index in [4.69, 9.17) is 28.2 Å². The summed E-state index contributed by atoms with van der Waals surface area (Å²) >= 11 is 14.2. The first-order valence-corrected chi connectivity index (χ1v) is 8.76. The number of nitrogens with zero attached hydrogens (tertiary/aromatic N) is 1. The second kappa shape index (κ2) is 5.78. The summed E-state index contributed by atoms with van der Waals surface area (Å²) in [5.74, 6) is 1.85. The van der Waals surface area contributed by atoms with Crippen molar-refractivity contribution in [1.82, 2.24) is 0 Å². The Labute approximate surface area is 134 Å². The maximum atomic E-state index is 6.20. The lowest BCUT2D eigenvalue weighted by Gasteiger charge is -2.33. The molecule has 1 aromatic carbocycles. The Kier molecular flexibility index (Phi) is 4.21. The summed E-state index contributed by atoms with van der Waals surface area (Å²) in [4.78, 5) is 4.96. The van der Waals surface area contributed by atoms with Crippen molar-refractivity contribution in [3.63, 3.8) is 0 Å². The van der Waals surface area contributed by atoms with Gasteiger partial charge in [-0.3, -0.25) is 4.99 Å². The lowest BCUT2D eigenvalue weighted by molar-refractivity contribution is 0.266. The van der Waals surface area contributed by atoms with Crippen LogP contribution in [0.2, 0.25) is 10.0 Å². The zero-order chi connectivity index (χ0) is 14.2. The summed E-state index contributed by atoms with van der Waals surface area (Å²) in [6.45, 7) is 2.33. The summed E-state index contributed by atoms with van der Waals surface area (Å²) in [6, 6.07) is 5.53. The molecule has 1 fully saturated rings. The summed E-state index contributed by atoms with van der Waals surface area (Å²) < 4.78 is 0. The number of nitrogens with one attached hydrogen (secondary N) is 1. The first-order valence-electron chi connectivity index (χ1n) is 7.02. The molecular weight excluding hydrogens is 311 g/mol. The average molecular weight is 329 g/mol. The van der Waals surface area contributed by atoms with Gasteiger partial charge < -0.3 is 5.32 Å². The fraction of sp³-hybridized carbons (Fsp3) is 0.533. The number of benzene rings is 1. The Hall–Kier alpha value is -0.380. The van der Waals surface area contributed by atoms with Gasteiger partial charge >= 0.3 is 0 Å². The molecule has 108 valence electrons. The van der Waals surface area contributed by atoms with Crippen LogP contribution >= 0.6 is 35.0 Å². The van der Waals surface area contributed by atoms with Gasteiger partial charge in [-0.2, -0.15) is 0 Å². The predicted molar refractivity (Wildman–Crippen MR) is 90.3 cm³/mol. The zero-order valence-electron chi connectivity index (χ0n) is 11.5. The number of thioether (sulfide) groups is 1. The number of aliphatic imine (C=N–C) groups is 1. The van der Waals surface area contributed by atoms with Crippen LogP contribution < -0.4 is 5.32 Å². The van der Waals surface area contributed by atoms with E-state index in [2.05, 4.69) is 12.2 Å². The van der Waals surface area contributed by atoms with Gasteiger partial charge in [0.2, 0.25) is 0 Å². The number of halogens is 2. The van der Waals surface area contributed by atoms with Crippen LogP contribution in [0.25, 0.3) is 0 Å². The van der Waals surface area contributed by atoms with E-state index in [1.165, 1.54) is 25.7 Å². The number of hydrogen-bond donors (Lipinski definition) is 1. The molecule has 2 atom stereocenters. The highest BCUT2D eigenvalue weighted by molar-refractivity contribution is 8.14. The van der Waals surface area contributed by atoms with Gasteiger partial charge in [-0.15, -0.1) is 0 Å². The van der Waals surface area contributed by atoms with E-state index in [1.807, 2.05) is 18.2 Å². The number of rotatable bonds is 1. The third-order valence-electron chi connectivity index (χ3n) is 4.08. The van der Waals surface area contributed by atoms with Gasteiger partial charge in [0.15, 0.2) is 5.17 Å². The number of anilines is 1. The van der Waals surface area contributed by atoms with Crippen molar-refractivity contribution >= 4 is 45.8 Å². The molecule has 2 nitrogen and oxygen atoms in total. The quantitative estimate of drug-likeness (QED) is 0.740. The van der Waals surface area contributed by atoms with Gasteiger partial charge in [0, 0.05) is 5.75 Å². The van der Waals surface area contributed by atoms with Crippen molar-refractivity contribution in [2.45, 2.75) is 38.1 Å². The number of para-hydroxylation sites is 1. The van der Waals surface area contributed by atoms with Crippen molar-refractivity contribution in [2.75, 3.05) is 11.1 Å². The van der Waals surface area contributed by atoms with Gasteiger partial charge in [0.05, 0.1) is 21.3 Å².